The summed E-state index contributed by atoms with van der Waals surface area (Å²) in [5.74, 6) is -2.08. The van der Waals surface area contributed by atoms with E-state index in [9.17, 15) is 22.8 Å². The van der Waals surface area contributed by atoms with E-state index < -0.39 is 34.4 Å². The van der Waals surface area contributed by atoms with Crippen LogP contribution in [0, 0.1) is 0 Å². The number of nitrogens with one attached hydrogen (secondary N) is 1. The summed E-state index contributed by atoms with van der Waals surface area (Å²) >= 11 is 0. The van der Waals surface area contributed by atoms with Gasteiger partial charge in [-0.05, 0) is 54.6 Å². The molecule has 0 saturated carbocycles. The first-order valence-corrected chi connectivity index (χ1v) is 11.8. The number of sulfonamides is 1. The van der Waals surface area contributed by atoms with Gasteiger partial charge in [-0.1, -0.05) is 30.3 Å². The molecule has 0 bridgehead atoms. The number of rotatable bonds is 10. The molecule has 0 aliphatic heterocycles. The molecule has 0 atom stereocenters. The number of nitrogens with zero attached hydrogens (tertiary/aromatic N) is 1. The largest absolute Gasteiger partial charge is 0.452 e. The average Bonchev–Trinajstić information content (AvgIpc) is 2.86. The zero-order valence-electron chi connectivity index (χ0n) is 18.6. The number of ether oxygens (including phenoxy) is 1. The van der Waals surface area contributed by atoms with Crippen LogP contribution in [0.25, 0.3) is 0 Å². The molecule has 0 heterocycles. The lowest BCUT2D eigenvalue weighted by atomic mass is 10.2. The molecule has 10 heteroatoms. The van der Waals surface area contributed by atoms with Gasteiger partial charge in [0.05, 0.1) is 22.7 Å². The predicted molar refractivity (Wildman–Crippen MR) is 131 cm³/mol. The highest BCUT2D eigenvalue weighted by Crippen LogP contribution is 2.24. The van der Waals surface area contributed by atoms with E-state index in [1.165, 1.54) is 58.9 Å². The minimum atomic E-state index is -4.01. The van der Waals surface area contributed by atoms with E-state index in [1.54, 1.807) is 30.3 Å². The minimum absolute atomic E-state index is 0.0294. The molecule has 0 radical (unpaired) electrons. The third-order valence-corrected chi connectivity index (χ3v) is 6.57. The minimum Gasteiger partial charge on any atom is -0.452 e. The number of para-hydroxylation sites is 1. The number of carbonyl (C=O) groups excluding carboxylic acids is 3. The number of nitrogens with two attached hydrogens (primary N) is 1. The highest BCUT2D eigenvalue weighted by molar-refractivity contribution is 7.92. The molecule has 0 aromatic heterocycles. The average molecular weight is 494 g/mol. The van der Waals surface area contributed by atoms with Crippen molar-refractivity contribution >= 4 is 39.2 Å². The molecule has 3 aromatic rings. The lowest BCUT2D eigenvalue weighted by molar-refractivity contribution is -0.119. The van der Waals surface area contributed by atoms with Gasteiger partial charge in [-0.25, -0.2) is 13.2 Å². The van der Waals surface area contributed by atoms with Gasteiger partial charge in [-0.15, -0.1) is 6.58 Å². The molecule has 0 unspecified atom stereocenters. The summed E-state index contributed by atoms with van der Waals surface area (Å²) in [6.45, 7) is 3.06. The second-order valence-corrected chi connectivity index (χ2v) is 9.12. The van der Waals surface area contributed by atoms with E-state index in [1.807, 2.05) is 0 Å². The molecule has 0 fully saturated rings. The molecular formula is C25H23N3O6S. The maximum absolute atomic E-state index is 13.3. The number of hydrogen-bond donors (Lipinski definition) is 2. The topological polar surface area (TPSA) is 136 Å². The van der Waals surface area contributed by atoms with Crippen molar-refractivity contribution in [2.45, 2.75) is 4.90 Å². The Morgan fingerprint density at radius 1 is 0.943 bits per heavy atom. The monoisotopic (exact) mass is 493 g/mol. The van der Waals surface area contributed by atoms with Crippen LogP contribution in [-0.4, -0.2) is 39.4 Å². The van der Waals surface area contributed by atoms with Crippen molar-refractivity contribution in [3.05, 3.63) is 103 Å². The van der Waals surface area contributed by atoms with Crippen molar-refractivity contribution in [2.24, 2.45) is 5.73 Å². The summed E-state index contributed by atoms with van der Waals surface area (Å²) in [6.07, 6.45) is 1.46. The van der Waals surface area contributed by atoms with Crippen LogP contribution in [0.5, 0.6) is 0 Å². The Kier molecular flexibility index (Phi) is 8.00. The van der Waals surface area contributed by atoms with Crippen molar-refractivity contribution in [3.8, 4) is 0 Å². The molecule has 2 amide bonds. The highest BCUT2D eigenvalue weighted by atomic mass is 32.2. The van der Waals surface area contributed by atoms with Crippen molar-refractivity contribution in [3.63, 3.8) is 0 Å². The van der Waals surface area contributed by atoms with E-state index in [0.717, 1.165) is 0 Å². The van der Waals surface area contributed by atoms with Crippen LogP contribution >= 0.6 is 0 Å². The lowest BCUT2D eigenvalue weighted by Gasteiger charge is -2.23. The summed E-state index contributed by atoms with van der Waals surface area (Å²) in [5.41, 5.74) is 6.25. The van der Waals surface area contributed by atoms with E-state index in [4.69, 9.17) is 10.5 Å². The summed E-state index contributed by atoms with van der Waals surface area (Å²) < 4.78 is 32.7. The first-order chi connectivity index (χ1) is 16.7. The van der Waals surface area contributed by atoms with Gasteiger partial charge in [0.2, 0.25) is 5.91 Å². The normalized spacial score (nSPS) is 10.7. The fourth-order valence-electron chi connectivity index (χ4n) is 3.09. The molecule has 35 heavy (non-hydrogen) atoms. The van der Waals surface area contributed by atoms with Crippen LogP contribution in [0.2, 0.25) is 0 Å². The Morgan fingerprint density at radius 3 is 2.26 bits per heavy atom. The van der Waals surface area contributed by atoms with Gasteiger partial charge in [0.1, 0.15) is 0 Å². The molecule has 3 aromatic carbocycles. The number of esters is 1. The fourth-order valence-corrected chi connectivity index (χ4v) is 4.58. The van der Waals surface area contributed by atoms with Crippen LogP contribution in [-0.2, 0) is 19.6 Å². The quantitative estimate of drug-likeness (QED) is 0.329. The van der Waals surface area contributed by atoms with Gasteiger partial charge < -0.3 is 15.8 Å². The molecule has 0 aliphatic carbocycles. The Labute approximate surface area is 202 Å². The Bertz CT molecular complexity index is 1340. The van der Waals surface area contributed by atoms with Crippen LogP contribution in [0.15, 0.2) is 96.4 Å². The Morgan fingerprint density at radius 2 is 1.63 bits per heavy atom. The first-order valence-electron chi connectivity index (χ1n) is 10.4. The summed E-state index contributed by atoms with van der Waals surface area (Å²) in [7, 11) is -4.01. The zero-order valence-corrected chi connectivity index (χ0v) is 19.4. The predicted octanol–water partition coefficient (Wildman–Crippen LogP) is 2.96. The fraction of sp³-hybridized carbons (Fsp3) is 0.0800. The van der Waals surface area contributed by atoms with Crippen molar-refractivity contribution < 1.29 is 27.5 Å². The Balaban J connectivity index is 1.69. The molecule has 180 valence electrons. The van der Waals surface area contributed by atoms with Gasteiger partial charge in [0, 0.05) is 11.3 Å². The van der Waals surface area contributed by atoms with Gasteiger partial charge in [-0.3, -0.25) is 13.9 Å². The van der Waals surface area contributed by atoms with Crippen molar-refractivity contribution in [1.29, 1.82) is 0 Å². The van der Waals surface area contributed by atoms with Gasteiger partial charge in [0.15, 0.2) is 6.61 Å². The first kappa shape index (κ1) is 25.2. The lowest BCUT2D eigenvalue weighted by Crippen LogP contribution is -2.31. The second-order valence-electron chi connectivity index (χ2n) is 7.25. The molecule has 3 rings (SSSR count). The molecule has 9 nitrogen and oxygen atoms in total. The number of primary amides is 1. The van der Waals surface area contributed by atoms with Crippen molar-refractivity contribution in [2.75, 3.05) is 22.8 Å². The van der Waals surface area contributed by atoms with E-state index in [-0.39, 0.29) is 22.6 Å². The third-order valence-electron chi connectivity index (χ3n) is 4.78. The number of carbonyl (C=O) groups is 3. The zero-order chi connectivity index (χ0) is 25.4. The molecular weight excluding hydrogens is 470 g/mol. The van der Waals surface area contributed by atoms with Crippen LogP contribution in [0.4, 0.5) is 11.4 Å². The third kappa shape index (κ3) is 6.33. The van der Waals surface area contributed by atoms with E-state index in [0.29, 0.717) is 11.4 Å². The number of hydrogen-bond acceptors (Lipinski definition) is 6. The second kappa shape index (κ2) is 11.1. The number of amides is 2. The standard InChI is InChI=1S/C25H23N3O6S/c1-2-15-28(21-8-4-3-5-9-21)35(32,33)22-10-6-7-19(16-22)25(31)34-17-23(29)27-20-13-11-18(12-14-20)24(26)30/h2-14,16H,1,15,17H2,(H2,26,30)(H,27,29). The van der Waals surface area contributed by atoms with Crippen molar-refractivity contribution in [1.82, 2.24) is 0 Å². The summed E-state index contributed by atoms with van der Waals surface area (Å²) in [5, 5.41) is 2.52. The highest BCUT2D eigenvalue weighted by Gasteiger charge is 2.25. The molecule has 0 spiro atoms. The van der Waals surface area contributed by atoms with Crippen LogP contribution in [0.3, 0.4) is 0 Å². The molecule has 3 N–H and O–H groups in total. The molecule has 0 aliphatic rings. The molecule has 0 saturated heterocycles. The van der Waals surface area contributed by atoms with Crippen LogP contribution < -0.4 is 15.4 Å². The SMILES string of the molecule is C=CCN(c1ccccc1)S(=O)(=O)c1cccc(C(=O)OCC(=O)Nc2ccc(C(N)=O)cc2)c1. The summed E-state index contributed by atoms with van der Waals surface area (Å²) in [6, 6.07) is 19.7. The maximum atomic E-state index is 13.3. The van der Waals surface area contributed by atoms with Gasteiger partial charge in [0.25, 0.3) is 15.9 Å². The maximum Gasteiger partial charge on any atom is 0.338 e. The van der Waals surface area contributed by atoms with Crippen LogP contribution in [0.1, 0.15) is 20.7 Å². The van der Waals surface area contributed by atoms with Gasteiger partial charge >= 0.3 is 5.97 Å². The number of anilines is 2. The Hall–Kier alpha value is -4.44. The van der Waals surface area contributed by atoms with E-state index >= 15 is 0 Å². The summed E-state index contributed by atoms with van der Waals surface area (Å²) in [4.78, 5) is 35.6. The van der Waals surface area contributed by atoms with E-state index in [2.05, 4.69) is 11.9 Å². The smallest absolute Gasteiger partial charge is 0.338 e. The number of benzene rings is 3. The van der Waals surface area contributed by atoms with Gasteiger partial charge in [-0.2, -0.15) is 0 Å².